The number of aryl methyl sites for hydroxylation is 1. The molecule has 0 amide bonds. The Labute approximate surface area is 97.0 Å². The Bertz CT molecular complexity index is 333. The predicted molar refractivity (Wildman–Crippen MR) is 63.3 cm³/mol. The van der Waals surface area contributed by atoms with Crippen LogP contribution < -0.4 is 0 Å². The largest absolute Gasteiger partial charge is 0.300 e. The van der Waals surface area contributed by atoms with Crippen molar-refractivity contribution in [1.82, 2.24) is 15.0 Å². The monoisotopic (exact) mass is 223 g/mol. The van der Waals surface area contributed by atoms with Gasteiger partial charge in [-0.15, -0.1) is 5.10 Å². The van der Waals surface area contributed by atoms with E-state index in [2.05, 4.69) is 24.2 Å². The molecule has 0 saturated carbocycles. The third kappa shape index (κ3) is 4.13. The lowest BCUT2D eigenvalue weighted by molar-refractivity contribution is -0.117. The van der Waals surface area contributed by atoms with Crippen LogP contribution in [0.1, 0.15) is 58.1 Å². The minimum atomic E-state index is 0.236. The molecule has 1 unspecified atom stereocenters. The zero-order chi connectivity index (χ0) is 12.0. The summed E-state index contributed by atoms with van der Waals surface area (Å²) in [5.74, 6) is 0.714. The van der Waals surface area contributed by atoms with E-state index >= 15 is 0 Å². The highest BCUT2D eigenvalue weighted by Crippen LogP contribution is 2.17. The zero-order valence-corrected chi connectivity index (χ0v) is 10.4. The topological polar surface area (TPSA) is 47.8 Å². The smallest absolute Gasteiger partial charge is 0.129 e. The molecular formula is C12H21N3O. The van der Waals surface area contributed by atoms with Crippen molar-refractivity contribution in [3.8, 4) is 0 Å². The average Bonchev–Trinajstić information content (AvgIpc) is 2.66. The fraction of sp³-hybridized carbons (Fsp3) is 0.750. The van der Waals surface area contributed by atoms with Gasteiger partial charge in [0.05, 0.1) is 5.69 Å². The van der Waals surface area contributed by atoms with Crippen molar-refractivity contribution in [1.29, 1.82) is 0 Å². The number of Topliss-reactive ketones (excluding diaryl/α,β-unsaturated/α-hetero) is 1. The number of carbonyl (C=O) groups excluding carboxylic acids is 1. The molecule has 1 rings (SSSR count). The minimum Gasteiger partial charge on any atom is -0.300 e. The molecule has 0 radical (unpaired) electrons. The lowest BCUT2D eigenvalue weighted by Crippen LogP contribution is -2.01. The second kappa shape index (κ2) is 6.40. The second-order valence-electron chi connectivity index (χ2n) is 4.40. The Morgan fingerprint density at radius 2 is 2.31 bits per heavy atom. The summed E-state index contributed by atoms with van der Waals surface area (Å²) in [5, 5.41) is 8.23. The maximum atomic E-state index is 10.8. The van der Waals surface area contributed by atoms with E-state index in [1.165, 1.54) is 6.42 Å². The van der Waals surface area contributed by atoms with Crippen LogP contribution in [0, 0.1) is 0 Å². The fourth-order valence-electron chi connectivity index (χ4n) is 1.72. The molecule has 0 bridgehead atoms. The highest BCUT2D eigenvalue weighted by Gasteiger charge is 2.08. The zero-order valence-electron chi connectivity index (χ0n) is 10.4. The molecule has 4 nitrogen and oxygen atoms in total. The van der Waals surface area contributed by atoms with Gasteiger partial charge in [-0.25, -0.2) is 0 Å². The van der Waals surface area contributed by atoms with E-state index in [4.69, 9.17) is 0 Å². The van der Waals surface area contributed by atoms with E-state index in [0.717, 1.165) is 25.1 Å². The van der Waals surface area contributed by atoms with Crippen molar-refractivity contribution in [2.24, 2.45) is 0 Å². The Morgan fingerprint density at radius 3 is 2.94 bits per heavy atom. The van der Waals surface area contributed by atoms with Gasteiger partial charge in [0.25, 0.3) is 0 Å². The third-order valence-electron chi connectivity index (χ3n) is 2.70. The molecule has 0 aromatic carbocycles. The molecule has 1 heterocycles. The summed E-state index contributed by atoms with van der Waals surface area (Å²) in [6.07, 6.45) is 5.78. The van der Waals surface area contributed by atoms with E-state index in [9.17, 15) is 4.79 Å². The Hall–Kier alpha value is -1.19. The van der Waals surface area contributed by atoms with Crippen molar-refractivity contribution in [2.45, 2.75) is 58.9 Å². The van der Waals surface area contributed by atoms with Crippen LogP contribution >= 0.6 is 0 Å². The standard InChI is InChI=1S/C12H21N3O/c1-4-6-10(2)12-9-15(14-13-12)8-5-7-11(3)16/h9-10H,4-8H2,1-3H3. The molecule has 90 valence electrons. The molecule has 0 saturated heterocycles. The van der Waals surface area contributed by atoms with E-state index in [0.29, 0.717) is 12.3 Å². The molecule has 0 aliphatic rings. The van der Waals surface area contributed by atoms with Crippen LogP contribution in [0.4, 0.5) is 0 Å². The van der Waals surface area contributed by atoms with Crippen molar-refractivity contribution in [3.05, 3.63) is 11.9 Å². The van der Waals surface area contributed by atoms with E-state index in [1.54, 1.807) is 6.92 Å². The molecule has 1 aromatic rings. The van der Waals surface area contributed by atoms with Gasteiger partial charge in [-0.2, -0.15) is 0 Å². The summed E-state index contributed by atoms with van der Waals surface area (Å²) in [6.45, 7) is 6.75. The molecule has 4 heteroatoms. The van der Waals surface area contributed by atoms with Crippen molar-refractivity contribution in [3.63, 3.8) is 0 Å². The van der Waals surface area contributed by atoms with E-state index in [-0.39, 0.29) is 5.78 Å². The van der Waals surface area contributed by atoms with Gasteiger partial charge < -0.3 is 4.79 Å². The van der Waals surface area contributed by atoms with Gasteiger partial charge in [0.2, 0.25) is 0 Å². The van der Waals surface area contributed by atoms with Crippen LogP contribution in [0.3, 0.4) is 0 Å². The molecule has 0 spiro atoms. The fourth-order valence-corrected chi connectivity index (χ4v) is 1.72. The lowest BCUT2D eigenvalue weighted by atomic mass is 10.0. The Balaban J connectivity index is 2.41. The van der Waals surface area contributed by atoms with Crippen LogP contribution in [0.2, 0.25) is 0 Å². The second-order valence-corrected chi connectivity index (χ2v) is 4.40. The summed E-state index contributed by atoms with van der Waals surface area (Å²) in [4.78, 5) is 10.8. The maximum absolute atomic E-state index is 10.8. The highest BCUT2D eigenvalue weighted by atomic mass is 16.1. The summed E-state index contributed by atoms with van der Waals surface area (Å²) in [6, 6.07) is 0. The number of nitrogens with zero attached hydrogens (tertiary/aromatic N) is 3. The summed E-state index contributed by atoms with van der Waals surface area (Å²) >= 11 is 0. The van der Waals surface area contributed by atoms with Gasteiger partial charge in [0.15, 0.2) is 0 Å². The molecule has 0 aliphatic heterocycles. The third-order valence-corrected chi connectivity index (χ3v) is 2.70. The quantitative estimate of drug-likeness (QED) is 0.713. The number of ketones is 1. The number of carbonyl (C=O) groups is 1. The highest BCUT2D eigenvalue weighted by molar-refractivity contribution is 5.75. The molecular weight excluding hydrogens is 202 g/mol. The number of rotatable bonds is 7. The molecule has 16 heavy (non-hydrogen) atoms. The lowest BCUT2D eigenvalue weighted by Gasteiger charge is -2.03. The summed E-state index contributed by atoms with van der Waals surface area (Å²) < 4.78 is 1.84. The first-order valence-corrected chi connectivity index (χ1v) is 6.03. The SMILES string of the molecule is CCCC(C)c1cn(CCCC(C)=O)nn1. The van der Waals surface area contributed by atoms with Crippen molar-refractivity contribution >= 4 is 5.78 Å². The Morgan fingerprint density at radius 1 is 1.56 bits per heavy atom. The maximum Gasteiger partial charge on any atom is 0.129 e. The normalized spacial score (nSPS) is 12.7. The first kappa shape index (κ1) is 12.9. The number of hydrogen-bond donors (Lipinski definition) is 0. The van der Waals surface area contributed by atoms with Crippen molar-refractivity contribution in [2.75, 3.05) is 0 Å². The van der Waals surface area contributed by atoms with Gasteiger partial charge in [0, 0.05) is 25.1 Å². The average molecular weight is 223 g/mol. The van der Waals surface area contributed by atoms with Crippen LogP contribution in [0.5, 0.6) is 0 Å². The van der Waals surface area contributed by atoms with Crippen LogP contribution in [0.25, 0.3) is 0 Å². The van der Waals surface area contributed by atoms with Crippen LogP contribution in [0.15, 0.2) is 6.20 Å². The van der Waals surface area contributed by atoms with Crippen LogP contribution in [-0.4, -0.2) is 20.8 Å². The molecule has 0 fully saturated rings. The van der Waals surface area contributed by atoms with Gasteiger partial charge in [-0.1, -0.05) is 25.5 Å². The first-order valence-electron chi connectivity index (χ1n) is 6.03. The summed E-state index contributed by atoms with van der Waals surface area (Å²) in [5.41, 5.74) is 1.06. The number of hydrogen-bond acceptors (Lipinski definition) is 3. The van der Waals surface area contributed by atoms with Gasteiger partial charge >= 0.3 is 0 Å². The van der Waals surface area contributed by atoms with Crippen molar-refractivity contribution < 1.29 is 4.79 Å². The van der Waals surface area contributed by atoms with Gasteiger partial charge in [-0.3, -0.25) is 4.68 Å². The summed E-state index contributed by atoms with van der Waals surface area (Å²) in [7, 11) is 0. The first-order chi connectivity index (χ1) is 7.63. The minimum absolute atomic E-state index is 0.236. The van der Waals surface area contributed by atoms with Crippen LogP contribution in [-0.2, 0) is 11.3 Å². The molecule has 1 aromatic heterocycles. The number of aromatic nitrogens is 3. The molecule has 0 N–H and O–H groups in total. The van der Waals surface area contributed by atoms with E-state index in [1.807, 2.05) is 10.9 Å². The van der Waals surface area contributed by atoms with E-state index < -0.39 is 0 Å². The predicted octanol–water partition coefficient (Wildman–Crippen LogP) is 2.55. The van der Waals surface area contributed by atoms with Gasteiger partial charge in [0.1, 0.15) is 5.78 Å². The van der Waals surface area contributed by atoms with Gasteiger partial charge in [-0.05, 0) is 19.8 Å². The Kier molecular flexibility index (Phi) is 5.15. The molecule has 1 atom stereocenters. The molecule has 0 aliphatic carbocycles.